The predicted molar refractivity (Wildman–Crippen MR) is 82.4 cm³/mol. The van der Waals surface area contributed by atoms with E-state index in [2.05, 4.69) is 24.1 Å². The maximum absolute atomic E-state index is 12.7. The number of rotatable bonds is 3. The van der Waals surface area contributed by atoms with E-state index in [1.807, 2.05) is 30.3 Å². The van der Waals surface area contributed by atoms with Gasteiger partial charge < -0.3 is 4.74 Å². The summed E-state index contributed by atoms with van der Waals surface area (Å²) < 4.78 is 18.1. The number of methoxy groups -OCH3 is 1. The van der Waals surface area contributed by atoms with Crippen LogP contribution in [-0.2, 0) is 13.1 Å². The first-order valence-electron chi connectivity index (χ1n) is 7.25. The summed E-state index contributed by atoms with van der Waals surface area (Å²) in [6.45, 7) is 0.611. The lowest BCUT2D eigenvalue weighted by molar-refractivity contribution is 0.264. The first-order valence-corrected chi connectivity index (χ1v) is 7.25. The van der Waals surface area contributed by atoms with Gasteiger partial charge in [-0.2, -0.15) is 0 Å². The third-order valence-corrected chi connectivity index (χ3v) is 4.27. The third-order valence-electron chi connectivity index (χ3n) is 4.27. The molecule has 1 heterocycles. The van der Waals surface area contributed by atoms with Gasteiger partial charge in [-0.05, 0) is 47.9 Å². The average Bonchev–Trinajstić information content (AvgIpc) is 2.54. The van der Waals surface area contributed by atoms with Crippen LogP contribution in [0.3, 0.4) is 0 Å². The van der Waals surface area contributed by atoms with Crippen LogP contribution in [-0.4, -0.2) is 25.6 Å². The zero-order valence-electron chi connectivity index (χ0n) is 12.5. The molecule has 1 aliphatic heterocycles. The molecule has 0 aliphatic carbocycles. The summed E-state index contributed by atoms with van der Waals surface area (Å²) in [7, 11) is 3.83. The molecule has 2 nitrogen and oxygen atoms in total. The molecule has 3 heteroatoms. The monoisotopic (exact) mass is 285 g/mol. The first kappa shape index (κ1) is 14.1. The molecule has 3 rings (SSSR count). The fraction of sp³-hybridized carbons (Fsp3) is 0.333. The number of alkyl halides is 1. The van der Waals surface area contributed by atoms with Crippen molar-refractivity contribution in [3.63, 3.8) is 0 Å². The van der Waals surface area contributed by atoms with Gasteiger partial charge in [0.05, 0.1) is 13.2 Å². The highest BCUT2D eigenvalue weighted by Crippen LogP contribution is 2.36. The fourth-order valence-corrected chi connectivity index (χ4v) is 3.07. The van der Waals surface area contributed by atoms with E-state index in [0.29, 0.717) is 0 Å². The van der Waals surface area contributed by atoms with Gasteiger partial charge in [0, 0.05) is 6.54 Å². The van der Waals surface area contributed by atoms with Crippen LogP contribution in [0.5, 0.6) is 5.75 Å². The molecule has 0 spiro atoms. The number of fused-ring (bicyclic) bond motifs is 1. The fourth-order valence-electron chi connectivity index (χ4n) is 3.07. The minimum absolute atomic E-state index is 0.206. The number of benzene rings is 2. The standard InChI is InChI=1S/C18H20FNO/c1-20-10-9-14-7-8-16(21-2)11-17(14)18(20)15-5-3-13(12-19)4-6-15/h3-8,11,18H,9-10,12H2,1-2H3. The molecule has 1 atom stereocenters. The van der Waals surface area contributed by atoms with Crippen LogP contribution in [0.4, 0.5) is 4.39 Å². The summed E-state index contributed by atoms with van der Waals surface area (Å²) in [5.41, 5.74) is 4.58. The van der Waals surface area contributed by atoms with E-state index >= 15 is 0 Å². The van der Waals surface area contributed by atoms with E-state index < -0.39 is 6.67 Å². The van der Waals surface area contributed by atoms with Crippen LogP contribution >= 0.6 is 0 Å². The number of nitrogens with zero attached hydrogens (tertiary/aromatic N) is 1. The maximum atomic E-state index is 12.7. The zero-order valence-corrected chi connectivity index (χ0v) is 12.5. The van der Waals surface area contributed by atoms with Gasteiger partial charge in [-0.15, -0.1) is 0 Å². The van der Waals surface area contributed by atoms with Crippen molar-refractivity contribution in [2.45, 2.75) is 19.1 Å². The zero-order chi connectivity index (χ0) is 14.8. The third kappa shape index (κ3) is 2.66. The van der Waals surface area contributed by atoms with Crippen molar-refractivity contribution in [3.8, 4) is 5.75 Å². The van der Waals surface area contributed by atoms with Crippen LogP contribution in [0.2, 0.25) is 0 Å². The molecule has 0 radical (unpaired) electrons. The molecular formula is C18H20FNO. The molecular weight excluding hydrogens is 265 g/mol. The average molecular weight is 285 g/mol. The Morgan fingerprint density at radius 3 is 2.62 bits per heavy atom. The van der Waals surface area contributed by atoms with Crippen molar-refractivity contribution in [1.29, 1.82) is 0 Å². The largest absolute Gasteiger partial charge is 0.497 e. The van der Waals surface area contributed by atoms with Crippen LogP contribution in [0.15, 0.2) is 42.5 Å². The van der Waals surface area contributed by atoms with Gasteiger partial charge in [0.15, 0.2) is 0 Å². The second kappa shape index (κ2) is 5.86. The van der Waals surface area contributed by atoms with Crippen molar-refractivity contribution in [1.82, 2.24) is 4.90 Å². The van der Waals surface area contributed by atoms with E-state index in [1.165, 1.54) is 16.7 Å². The lowest BCUT2D eigenvalue weighted by Crippen LogP contribution is -2.32. The Kier molecular flexibility index (Phi) is 3.93. The Morgan fingerprint density at radius 1 is 1.19 bits per heavy atom. The Bertz CT molecular complexity index is 624. The van der Waals surface area contributed by atoms with E-state index in [1.54, 1.807) is 7.11 Å². The van der Waals surface area contributed by atoms with Gasteiger partial charge in [0.25, 0.3) is 0 Å². The molecule has 0 fully saturated rings. The molecule has 0 bridgehead atoms. The topological polar surface area (TPSA) is 12.5 Å². The second-order valence-electron chi connectivity index (χ2n) is 5.57. The van der Waals surface area contributed by atoms with Crippen LogP contribution in [0.1, 0.15) is 28.3 Å². The van der Waals surface area contributed by atoms with Crippen molar-refractivity contribution in [3.05, 3.63) is 64.7 Å². The highest BCUT2D eigenvalue weighted by molar-refractivity contribution is 5.44. The number of halogens is 1. The highest BCUT2D eigenvalue weighted by Gasteiger charge is 2.26. The Labute approximate surface area is 125 Å². The number of hydrogen-bond acceptors (Lipinski definition) is 2. The van der Waals surface area contributed by atoms with Crippen molar-refractivity contribution < 1.29 is 9.13 Å². The maximum Gasteiger partial charge on any atom is 0.119 e. The highest BCUT2D eigenvalue weighted by atomic mass is 19.1. The van der Waals surface area contributed by atoms with Crippen molar-refractivity contribution in [2.75, 3.05) is 20.7 Å². The van der Waals surface area contributed by atoms with Crippen LogP contribution in [0, 0.1) is 0 Å². The van der Waals surface area contributed by atoms with Crippen molar-refractivity contribution >= 4 is 0 Å². The molecule has 0 amide bonds. The number of ether oxygens (including phenoxy) is 1. The molecule has 1 aliphatic rings. The van der Waals surface area contributed by atoms with Gasteiger partial charge >= 0.3 is 0 Å². The normalized spacial score (nSPS) is 18.3. The smallest absolute Gasteiger partial charge is 0.119 e. The molecule has 0 saturated carbocycles. The van der Waals surface area contributed by atoms with E-state index in [9.17, 15) is 4.39 Å². The lowest BCUT2D eigenvalue weighted by Gasteiger charge is -2.35. The summed E-state index contributed by atoms with van der Waals surface area (Å²) in [6.07, 6.45) is 1.05. The van der Waals surface area contributed by atoms with Gasteiger partial charge in [-0.1, -0.05) is 30.3 Å². The summed E-state index contributed by atoms with van der Waals surface area (Å²) >= 11 is 0. The predicted octanol–water partition coefficient (Wildman–Crippen LogP) is 3.74. The second-order valence-corrected chi connectivity index (χ2v) is 5.57. The van der Waals surface area contributed by atoms with Gasteiger partial charge in [0.1, 0.15) is 12.4 Å². The van der Waals surface area contributed by atoms with E-state index in [0.717, 1.165) is 24.3 Å². The molecule has 2 aromatic carbocycles. The lowest BCUT2D eigenvalue weighted by atomic mass is 9.88. The number of hydrogen-bond donors (Lipinski definition) is 0. The van der Waals surface area contributed by atoms with E-state index in [-0.39, 0.29) is 6.04 Å². The van der Waals surface area contributed by atoms with Gasteiger partial charge in [0.2, 0.25) is 0 Å². The van der Waals surface area contributed by atoms with Crippen LogP contribution in [0.25, 0.3) is 0 Å². The Balaban J connectivity index is 2.04. The first-order chi connectivity index (χ1) is 10.2. The summed E-state index contributed by atoms with van der Waals surface area (Å²) in [6, 6.07) is 14.3. The molecule has 1 unspecified atom stereocenters. The van der Waals surface area contributed by atoms with Crippen molar-refractivity contribution in [2.24, 2.45) is 0 Å². The quantitative estimate of drug-likeness (QED) is 0.851. The van der Waals surface area contributed by atoms with Gasteiger partial charge in [-0.25, -0.2) is 4.39 Å². The summed E-state index contributed by atoms with van der Waals surface area (Å²) in [5.74, 6) is 0.884. The molecule has 21 heavy (non-hydrogen) atoms. The minimum atomic E-state index is -0.412. The van der Waals surface area contributed by atoms with E-state index in [4.69, 9.17) is 4.74 Å². The molecule has 110 valence electrons. The van der Waals surface area contributed by atoms with Gasteiger partial charge in [-0.3, -0.25) is 4.90 Å². The molecule has 2 aromatic rings. The Morgan fingerprint density at radius 2 is 1.95 bits per heavy atom. The summed E-state index contributed by atoms with van der Waals surface area (Å²) in [4.78, 5) is 2.34. The molecule has 0 saturated heterocycles. The Hall–Kier alpha value is -1.87. The molecule has 0 aromatic heterocycles. The van der Waals surface area contributed by atoms with Crippen LogP contribution < -0.4 is 4.74 Å². The molecule has 0 N–H and O–H groups in total. The summed E-state index contributed by atoms with van der Waals surface area (Å²) in [5, 5.41) is 0. The minimum Gasteiger partial charge on any atom is -0.497 e. The number of likely N-dealkylation sites (N-methyl/N-ethyl adjacent to an activating group) is 1. The SMILES string of the molecule is COc1ccc2c(c1)C(c1ccc(CF)cc1)N(C)CC2.